The van der Waals surface area contributed by atoms with Crippen molar-refractivity contribution in [2.24, 2.45) is 11.8 Å². The highest BCUT2D eigenvalue weighted by molar-refractivity contribution is 6.00. The first-order valence-corrected chi connectivity index (χ1v) is 8.75. The molecule has 0 aliphatic rings. The highest BCUT2D eigenvalue weighted by Crippen LogP contribution is 2.15. The van der Waals surface area contributed by atoms with Crippen LogP contribution in [0.3, 0.4) is 0 Å². The smallest absolute Gasteiger partial charge is 0.306 e. The Hall–Kier alpha value is -3.09. The van der Waals surface area contributed by atoms with Gasteiger partial charge in [0, 0.05) is 5.69 Å². The van der Waals surface area contributed by atoms with Gasteiger partial charge in [-0.3, -0.25) is 14.4 Å². The Kier molecular flexibility index (Phi) is 6.76. The number of furan rings is 1. The molecule has 2 atom stereocenters. The molecule has 27 heavy (non-hydrogen) atoms. The summed E-state index contributed by atoms with van der Waals surface area (Å²) in [5, 5.41) is 14.4. The van der Waals surface area contributed by atoms with E-state index in [1.54, 1.807) is 37.3 Å². The molecule has 0 spiro atoms. The zero-order valence-corrected chi connectivity index (χ0v) is 15.6. The third kappa shape index (κ3) is 5.70. The Morgan fingerprint density at radius 1 is 1.07 bits per heavy atom. The number of carbonyl (C=O) groups excluding carboxylic acids is 2. The van der Waals surface area contributed by atoms with Crippen molar-refractivity contribution >= 4 is 23.5 Å². The first-order valence-electron chi connectivity index (χ1n) is 8.75. The summed E-state index contributed by atoms with van der Waals surface area (Å²) in [6.45, 7) is 5.32. The molecule has 0 aliphatic heterocycles. The number of rotatable bonds is 8. The molecule has 2 aromatic rings. The van der Waals surface area contributed by atoms with Gasteiger partial charge in [0.1, 0.15) is 6.04 Å². The molecule has 0 fully saturated rings. The number of carboxylic acids is 1. The molecule has 144 valence electrons. The lowest BCUT2D eigenvalue weighted by Gasteiger charge is -2.21. The summed E-state index contributed by atoms with van der Waals surface area (Å²) in [5.41, 5.74) is 1.44. The van der Waals surface area contributed by atoms with Gasteiger partial charge in [0.05, 0.1) is 12.2 Å². The second-order valence-corrected chi connectivity index (χ2v) is 6.80. The highest BCUT2D eigenvalue weighted by atomic mass is 16.4. The normalized spacial score (nSPS) is 13.0. The molecule has 0 bridgehead atoms. The van der Waals surface area contributed by atoms with Crippen molar-refractivity contribution in [2.45, 2.75) is 33.2 Å². The van der Waals surface area contributed by atoms with Crippen LogP contribution in [0.5, 0.6) is 0 Å². The van der Waals surface area contributed by atoms with Gasteiger partial charge in [-0.25, -0.2) is 0 Å². The van der Waals surface area contributed by atoms with Gasteiger partial charge in [-0.2, -0.15) is 0 Å². The number of hydrogen-bond donors (Lipinski definition) is 3. The van der Waals surface area contributed by atoms with Crippen LogP contribution in [0.1, 0.15) is 36.9 Å². The van der Waals surface area contributed by atoms with Crippen molar-refractivity contribution in [1.82, 2.24) is 5.32 Å². The van der Waals surface area contributed by atoms with Crippen LogP contribution in [0, 0.1) is 11.8 Å². The van der Waals surface area contributed by atoms with E-state index in [2.05, 4.69) is 10.6 Å². The molecule has 7 nitrogen and oxygen atoms in total. The molecule has 2 unspecified atom stereocenters. The van der Waals surface area contributed by atoms with Gasteiger partial charge in [0.25, 0.3) is 5.91 Å². The van der Waals surface area contributed by atoms with Crippen LogP contribution >= 0.6 is 0 Å². The molecule has 0 saturated heterocycles. The Morgan fingerprint density at radius 3 is 2.26 bits per heavy atom. The van der Waals surface area contributed by atoms with Crippen LogP contribution < -0.4 is 10.6 Å². The fraction of sp³-hybridized carbons (Fsp3) is 0.350. The van der Waals surface area contributed by atoms with Crippen LogP contribution in [-0.2, 0) is 16.0 Å². The molecular formula is C20H24N2O5. The summed E-state index contributed by atoms with van der Waals surface area (Å²) < 4.78 is 5.05. The lowest BCUT2D eigenvalue weighted by atomic mass is 10.0. The summed E-state index contributed by atoms with van der Waals surface area (Å²) in [6.07, 6.45) is 1.81. The standard InChI is InChI=1S/C20H24N2O5/c1-12(2)17(22-18(23)16-5-4-10-27-16)19(24)21-15-8-6-14(7-9-15)11-13(3)20(25)26/h4-10,12-13,17H,11H2,1-3H3,(H,21,24)(H,22,23)(H,25,26). The first-order chi connectivity index (χ1) is 12.8. The van der Waals surface area contributed by atoms with Crippen molar-refractivity contribution in [3.05, 3.63) is 54.0 Å². The van der Waals surface area contributed by atoms with Crippen LogP contribution in [0.25, 0.3) is 0 Å². The van der Waals surface area contributed by atoms with Crippen LogP contribution in [0.2, 0.25) is 0 Å². The third-order valence-electron chi connectivity index (χ3n) is 4.17. The summed E-state index contributed by atoms with van der Waals surface area (Å²) in [5.74, 6) is -2.10. The van der Waals surface area contributed by atoms with E-state index in [0.29, 0.717) is 12.1 Å². The third-order valence-corrected chi connectivity index (χ3v) is 4.17. The van der Waals surface area contributed by atoms with E-state index in [4.69, 9.17) is 9.52 Å². The Bertz CT molecular complexity index is 781. The molecule has 0 saturated carbocycles. The highest BCUT2D eigenvalue weighted by Gasteiger charge is 2.25. The Morgan fingerprint density at radius 2 is 1.74 bits per heavy atom. The maximum absolute atomic E-state index is 12.6. The van der Waals surface area contributed by atoms with E-state index < -0.39 is 23.8 Å². The van der Waals surface area contributed by atoms with Crippen LogP contribution in [-0.4, -0.2) is 28.9 Å². The summed E-state index contributed by atoms with van der Waals surface area (Å²) in [7, 11) is 0. The lowest BCUT2D eigenvalue weighted by molar-refractivity contribution is -0.141. The van der Waals surface area contributed by atoms with E-state index in [1.807, 2.05) is 13.8 Å². The quantitative estimate of drug-likeness (QED) is 0.660. The number of hydrogen-bond acceptors (Lipinski definition) is 4. The van der Waals surface area contributed by atoms with Crippen molar-refractivity contribution in [3.8, 4) is 0 Å². The molecule has 0 aliphatic carbocycles. The van der Waals surface area contributed by atoms with Crippen molar-refractivity contribution < 1.29 is 23.9 Å². The molecule has 2 rings (SSSR count). The molecule has 0 radical (unpaired) electrons. The van der Waals surface area contributed by atoms with Gasteiger partial charge < -0.3 is 20.2 Å². The summed E-state index contributed by atoms with van der Waals surface area (Å²) in [6, 6.07) is 9.39. The van der Waals surface area contributed by atoms with Gasteiger partial charge >= 0.3 is 5.97 Å². The molecular weight excluding hydrogens is 348 g/mol. The number of anilines is 1. The molecule has 1 aromatic carbocycles. The molecule has 2 amide bonds. The Labute approximate surface area is 157 Å². The van der Waals surface area contributed by atoms with Gasteiger partial charge in [-0.15, -0.1) is 0 Å². The average Bonchev–Trinajstić information content (AvgIpc) is 3.15. The van der Waals surface area contributed by atoms with Crippen LogP contribution in [0.15, 0.2) is 47.1 Å². The minimum absolute atomic E-state index is 0.125. The second-order valence-electron chi connectivity index (χ2n) is 6.80. The predicted molar refractivity (Wildman–Crippen MR) is 100 cm³/mol. The number of carboxylic acid groups (broad SMARTS) is 1. The topological polar surface area (TPSA) is 109 Å². The maximum Gasteiger partial charge on any atom is 0.306 e. The monoisotopic (exact) mass is 372 g/mol. The zero-order chi connectivity index (χ0) is 20.0. The second kappa shape index (κ2) is 9.02. The van der Waals surface area contributed by atoms with Gasteiger partial charge in [0.15, 0.2) is 5.76 Å². The zero-order valence-electron chi connectivity index (χ0n) is 15.6. The number of benzene rings is 1. The molecule has 7 heteroatoms. The minimum atomic E-state index is -0.848. The fourth-order valence-corrected chi connectivity index (χ4v) is 2.54. The van der Waals surface area contributed by atoms with Gasteiger partial charge in [0.2, 0.25) is 5.91 Å². The van der Waals surface area contributed by atoms with E-state index in [0.717, 1.165) is 5.56 Å². The summed E-state index contributed by atoms with van der Waals surface area (Å²) >= 11 is 0. The predicted octanol–water partition coefficient (Wildman–Crippen LogP) is 2.94. The number of carbonyl (C=O) groups is 3. The SMILES string of the molecule is CC(Cc1ccc(NC(=O)C(NC(=O)c2ccco2)C(C)C)cc1)C(=O)O. The first kappa shape index (κ1) is 20.2. The van der Waals surface area contributed by atoms with Gasteiger partial charge in [-0.05, 0) is 42.2 Å². The molecule has 3 N–H and O–H groups in total. The number of aliphatic carboxylic acids is 1. The van der Waals surface area contributed by atoms with Gasteiger partial charge in [-0.1, -0.05) is 32.9 Å². The summed E-state index contributed by atoms with van der Waals surface area (Å²) in [4.78, 5) is 35.7. The molecule has 1 heterocycles. The lowest BCUT2D eigenvalue weighted by Crippen LogP contribution is -2.47. The van der Waals surface area contributed by atoms with E-state index in [1.165, 1.54) is 12.3 Å². The average molecular weight is 372 g/mol. The van der Waals surface area contributed by atoms with E-state index >= 15 is 0 Å². The van der Waals surface area contributed by atoms with E-state index in [-0.39, 0.29) is 17.6 Å². The Balaban J connectivity index is 2.00. The van der Waals surface area contributed by atoms with Crippen molar-refractivity contribution in [1.29, 1.82) is 0 Å². The largest absolute Gasteiger partial charge is 0.481 e. The number of amides is 2. The minimum Gasteiger partial charge on any atom is -0.481 e. The van der Waals surface area contributed by atoms with E-state index in [9.17, 15) is 14.4 Å². The maximum atomic E-state index is 12.6. The number of nitrogens with one attached hydrogen (secondary N) is 2. The fourth-order valence-electron chi connectivity index (χ4n) is 2.54. The van der Waals surface area contributed by atoms with Crippen molar-refractivity contribution in [2.75, 3.05) is 5.32 Å². The van der Waals surface area contributed by atoms with Crippen LogP contribution in [0.4, 0.5) is 5.69 Å². The van der Waals surface area contributed by atoms with Crippen molar-refractivity contribution in [3.63, 3.8) is 0 Å². The molecule has 1 aromatic heterocycles.